The summed E-state index contributed by atoms with van der Waals surface area (Å²) in [4.78, 5) is 12.7. The van der Waals surface area contributed by atoms with Crippen molar-refractivity contribution < 1.29 is 19.0 Å². The van der Waals surface area contributed by atoms with Crippen molar-refractivity contribution in [2.75, 3.05) is 19.9 Å². The zero-order valence-corrected chi connectivity index (χ0v) is 15.4. The van der Waals surface area contributed by atoms with E-state index in [0.717, 1.165) is 36.4 Å². The van der Waals surface area contributed by atoms with Gasteiger partial charge in [-0.1, -0.05) is 32.8 Å². The highest BCUT2D eigenvalue weighted by atomic mass is 16.7. The fourth-order valence-electron chi connectivity index (χ4n) is 3.88. The number of hydrogen-bond donors (Lipinski definition) is 1. The van der Waals surface area contributed by atoms with Crippen LogP contribution in [0.3, 0.4) is 0 Å². The Morgan fingerprint density at radius 2 is 2.12 bits per heavy atom. The first kappa shape index (κ1) is 18.1. The van der Waals surface area contributed by atoms with Gasteiger partial charge in [0.1, 0.15) is 0 Å². The third-order valence-corrected chi connectivity index (χ3v) is 5.15. The second kappa shape index (κ2) is 8.09. The monoisotopic (exact) mass is 347 g/mol. The van der Waals surface area contributed by atoms with E-state index >= 15 is 0 Å². The Kier molecular flexibility index (Phi) is 5.84. The molecule has 25 heavy (non-hydrogen) atoms. The van der Waals surface area contributed by atoms with E-state index in [2.05, 4.69) is 19.2 Å². The van der Waals surface area contributed by atoms with Crippen LogP contribution in [0.4, 0.5) is 0 Å². The molecular weight excluding hydrogens is 318 g/mol. The summed E-state index contributed by atoms with van der Waals surface area (Å²) in [5.41, 5.74) is 1.11. The van der Waals surface area contributed by atoms with Crippen LogP contribution >= 0.6 is 0 Å². The SMILES string of the molecule is CCOC(=O)[C@H]1[C@H](CCCC(C)C)NC[C@@H]1c1ccc2c(c1)OCO2. The fourth-order valence-corrected chi connectivity index (χ4v) is 3.88. The number of ether oxygens (including phenoxy) is 3. The van der Waals surface area contributed by atoms with E-state index in [1.54, 1.807) is 0 Å². The van der Waals surface area contributed by atoms with Gasteiger partial charge >= 0.3 is 5.97 Å². The third-order valence-electron chi connectivity index (χ3n) is 5.15. The van der Waals surface area contributed by atoms with Crippen LogP contribution in [0.25, 0.3) is 0 Å². The topological polar surface area (TPSA) is 56.8 Å². The molecule has 5 heteroatoms. The van der Waals surface area contributed by atoms with Gasteiger partial charge in [-0.2, -0.15) is 0 Å². The van der Waals surface area contributed by atoms with Crippen molar-refractivity contribution in [2.45, 2.75) is 52.0 Å². The molecule has 1 saturated heterocycles. The molecule has 2 aliphatic rings. The second-order valence-electron chi connectivity index (χ2n) is 7.34. The molecule has 3 rings (SSSR count). The summed E-state index contributed by atoms with van der Waals surface area (Å²) < 4.78 is 16.3. The van der Waals surface area contributed by atoms with Crippen LogP contribution in [-0.4, -0.2) is 32.0 Å². The Hall–Kier alpha value is -1.75. The second-order valence-corrected chi connectivity index (χ2v) is 7.34. The number of benzene rings is 1. The van der Waals surface area contributed by atoms with Gasteiger partial charge in [-0.3, -0.25) is 4.79 Å². The van der Waals surface area contributed by atoms with Gasteiger partial charge in [-0.25, -0.2) is 0 Å². The molecular formula is C20H29NO4. The molecule has 0 aromatic heterocycles. The molecule has 5 nitrogen and oxygen atoms in total. The smallest absolute Gasteiger partial charge is 0.311 e. The zero-order valence-electron chi connectivity index (χ0n) is 15.4. The molecule has 2 heterocycles. The molecule has 2 aliphatic heterocycles. The molecule has 138 valence electrons. The summed E-state index contributed by atoms with van der Waals surface area (Å²) >= 11 is 0. The van der Waals surface area contributed by atoms with E-state index in [9.17, 15) is 4.79 Å². The molecule has 3 atom stereocenters. The van der Waals surface area contributed by atoms with Gasteiger partial charge in [0.05, 0.1) is 12.5 Å². The van der Waals surface area contributed by atoms with E-state index in [1.165, 1.54) is 6.42 Å². The van der Waals surface area contributed by atoms with Crippen LogP contribution in [-0.2, 0) is 9.53 Å². The van der Waals surface area contributed by atoms with Gasteiger partial charge in [0.25, 0.3) is 0 Å². The maximum atomic E-state index is 12.7. The molecule has 0 saturated carbocycles. The molecule has 0 amide bonds. The van der Waals surface area contributed by atoms with Crippen LogP contribution in [0.15, 0.2) is 18.2 Å². The Morgan fingerprint density at radius 3 is 2.88 bits per heavy atom. The van der Waals surface area contributed by atoms with Gasteiger partial charge in [0.15, 0.2) is 11.5 Å². The number of rotatable bonds is 7. The number of hydrogen-bond acceptors (Lipinski definition) is 5. The summed E-state index contributed by atoms with van der Waals surface area (Å²) in [6.07, 6.45) is 3.31. The van der Waals surface area contributed by atoms with E-state index in [0.29, 0.717) is 12.5 Å². The Labute approximate surface area is 150 Å². The summed E-state index contributed by atoms with van der Waals surface area (Å²) in [6, 6.07) is 6.17. The van der Waals surface area contributed by atoms with Crippen molar-refractivity contribution in [3.8, 4) is 11.5 Å². The van der Waals surface area contributed by atoms with Crippen molar-refractivity contribution in [2.24, 2.45) is 11.8 Å². The largest absolute Gasteiger partial charge is 0.466 e. The molecule has 1 fully saturated rings. The van der Waals surface area contributed by atoms with Crippen LogP contribution < -0.4 is 14.8 Å². The molecule has 0 aliphatic carbocycles. The zero-order chi connectivity index (χ0) is 17.8. The standard InChI is InChI=1S/C20H29NO4/c1-4-23-20(22)19-15(11-21-16(19)7-5-6-13(2)3)14-8-9-17-18(10-14)25-12-24-17/h8-10,13,15-16,19,21H,4-7,11-12H2,1-3H3/t15-,16+,19-/m1/s1. The quantitative estimate of drug-likeness (QED) is 0.765. The first-order chi connectivity index (χ1) is 12.1. The number of fused-ring (bicyclic) bond motifs is 1. The van der Waals surface area contributed by atoms with Crippen molar-refractivity contribution in [3.63, 3.8) is 0 Å². The first-order valence-corrected chi connectivity index (χ1v) is 9.39. The number of carbonyl (C=O) groups excluding carboxylic acids is 1. The van der Waals surface area contributed by atoms with Gasteiger partial charge in [0, 0.05) is 18.5 Å². The highest BCUT2D eigenvalue weighted by molar-refractivity contribution is 5.75. The molecule has 1 aromatic rings. The van der Waals surface area contributed by atoms with Crippen LogP contribution in [0, 0.1) is 11.8 Å². The minimum Gasteiger partial charge on any atom is -0.466 e. The van der Waals surface area contributed by atoms with Crippen LogP contribution in [0.1, 0.15) is 51.5 Å². The highest BCUT2D eigenvalue weighted by Crippen LogP contribution is 2.40. The Morgan fingerprint density at radius 1 is 1.32 bits per heavy atom. The molecule has 0 bridgehead atoms. The minimum absolute atomic E-state index is 0.0929. The summed E-state index contributed by atoms with van der Waals surface area (Å²) in [6.45, 7) is 7.81. The van der Waals surface area contributed by atoms with Gasteiger partial charge in [-0.15, -0.1) is 0 Å². The van der Waals surface area contributed by atoms with Crippen molar-refractivity contribution in [3.05, 3.63) is 23.8 Å². The summed E-state index contributed by atoms with van der Waals surface area (Å²) in [5, 5.41) is 3.56. The maximum Gasteiger partial charge on any atom is 0.311 e. The van der Waals surface area contributed by atoms with E-state index < -0.39 is 0 Å². The van der Waals surface area contributed by atoms with E-state index in [4.69, 9.17) is 14.2 Å². The lowest BCUT2D eigenvalue weighted by atomic mass is 9.83. The Balaban J connectivity index is 1.76. The van der Waals surface area contributed by atoms with Gasteiger partial charge in [-0.05, 0) is 37.0 Å². The maximum absolute atomic E-state index is 12.7. The summed E-state index contributed by atoms with van der Waals surface area (Å²) in [7, 11) is 0. The first-order valence-electron chi connectivity index (χ1n) is 9.39. The van der Waals surface area contributed by atoms with Gasteiger partial charge in [0.2, 0.25) is 6.79 Å². The van der Waals surface area contributed by atoms with E-state index in [-0.39, 0.29) is 30.6 Å². The molecule has 0 unspecified atom stereocenters. The lowest BCUT2D eigenvalue weighted by Crippen LogP contribution is -2.34. The third kappa shape index (κ3) is 4.09. The predicted molar refractivity (Wildman–Crippen MR) is 95.9 cm³/mol. The predicted octanol–water partition coefficient (Wildman–Crippen LogP) is 3.48. The normalized spacial score (nSPS) is 24.7. The highest BCUT2D eigenvalue weighted by Gasteiger charge is 2.42. The van der Waals surface area contributed by atoms with Crippen LogP contribution in [0.2, 0.25) is 0 Å². The number of esters is 1. The molecule has 1 aromatic carbocycles. The number of carbonyl (C=O) groups is 1. The average Bonchev–Trinajstić information content (AvgIpc) is 3.20. The molecule has 1 N–H and O–H groups in total. The van der Waals surface area contributed by atoms with Gasteiger partial charge < -0.3 is 19.5 Å². The van der Waals surface area contributed by atoms with Crippen LogP contribution in [0.5, 0.6) is 11.5 Å². The fraction of sp³-hybridized carbons (Fsp3) is 0.650. The Bertz CT molecular complexity index is 601. The lowest BCUT2D eigenvalue weighted by molar-refractivity contribution is -0.148. The summed E-state index contributed by atoms with van der Waals surface area (Å²) in [5.74, 6) is 2.10. The minimum atomic E-state index is -0.146. The van der Waals surface area contributed by atoms with Crippen molar-refractivity contribution in [1.82, 2.24) is 5.32 Å². The van der Waals surface area contributed by atoms with Crippen molar-refractivity contribution >= 4 is 5.97 Å². The molecule has 0 spiro atoms. The lowest BCUT2D eigenvalue weighted by Gasteiger charge is -2.23. The van der Waals surface area contributed by atoms with E-state index in [1.807, 2.05) is 25.1 Å². The van der Waals surface area contributed by atoms with Crippen molar-refractivity contribution in [1.29, 1.82) is 0 Å². The average molecular weight is 347 g/mol. The molecule has 0 radical (unpaired) electrons. The number of nitrogens with one attached hydrogen (secondary N) is 1.